The number of amides is 1. The van der Waals surface area contributed by atoms with E-state index < -0.39 is 0 Å². The van der Waals surface area contributed by atoms with E-state index in [0.717, 1.165) is 38.3 Å². The lowest BCUT2D eigenvalue weighted by atomic mass is 9.91. The summed E-state index contributed by atoms with van der Waals surface area (Å²) in [5, 5.41) is 0. The lowest BCUT2D eigenvalue weighted by Crippen LogP contribution is -2.62. The zero-order valence-electron chi connectivity index (χ0n) is 12.4. The first-order valence-corrected chi connectivity index (χ1v) is 8.81. The number of carbonyl (C=O) groups excluding carboxylic acids is 1. The van der Waals surface area contributed by atoms with E-state index in [4.69, 9.17) is 9.47 Å². The van der Waals surface area contributed by atoms with E-state index in [2.05, 4.69) is 4.98 Å². The number of thioether (sulfide) groups is 1. The summed E-state index contributed by atoms with van der Waals surface area (Å²) in [6, 6.07) is 5.72. The highest BCUT2D eigenvalue weighted by molar-refractivity contribution is 8.01. The number of pyridine rings is 1. The fraction of sp³-hybridized carbons (Fsp3) is 0.625. The predicted molar refractivity (Wildman–Crippen MR) is 84.0 cm³/mol. The Bertz CT molecular complexity index is 542. The van der Waals surface area contributed by atoms with Crippen molar-refractivity contribution >= 4 is 17.7 Å². The highest BCUT2D eigenvalue weighted by Gasteiger charge is 2.52. The van der Waals surface area contributed by atoms with Gasteiger partial charge in [-0.05, 0) is 12.5 Å². The van der Waals surface area contributed by atoms with Gasteiger partial charge in [0.25, 0.3) is 0 Å². The topological polar surface area (TPSA) is 51.7 Å². The van der Waals surface area contributed by atoms with Gasteiger partial charge in [-0.1, -0.05) is 6.07 Å². The smallest absolute Gasteiger partial charge is 0.228 e. The van der Waals surface area contributed by atoms with Crippen LogP contribution in [0.5, 0.6) is 5.88 Å². The predicted octanol–water partition coefficient (Wildman–Crippen LogP) is 1.58. The Hall–Kier alpha value is -1.27. The molecule has 0 bridgehead atoms. The molecule has 0 radical (unpaired) electrons. The molecular weight excluding hydrogens is 300 g/mol. The Balaban J connectivity index is 1.29. The van der Waals surface area contributed by atoms with Gasteiger partial charge in [0, 0.05) is 44.1 Å². The van der Waals surface area contributed by atoms with E-state index in [1.165, 1.54) is 0 Å². The molecule has 5 nitrogen and oxygen atoms in total. The fourth-order valence-electron chi connectivity index (χ4n) is 3.48. The van der Waals surface area contributed by atoms with Crippen molar-refractivity contribution in [2.24, 2.45) is 5.92 Å². The lowest BCUT2D eigenvalue weighted by Gasteiger charge is -2.48. The number of carbonyl (C=O) groups is 1. The van der Waals surface area contributed by atoms with E-state index in [-0.39, 0.29) is 22.7 Å². The first-order chi connectivity index (χ1) is 10.7. The zero-order chi connectivity index (χ0) is 15.0. The molecule has 4 heterocycles. The van der Waals surface area contributed by atoms with Crippen LogP contribution in [0.3, 0.4) is 0 Å². The largest absolute Gasteiger partial charge is 0.473 e. The second kappa shape index (κ2) is 5.74. The summed E-state index contributed by atoms with van der Waals surface area (Å²) in [6.45, 7) is 3.04. The maximum absolute atomic E-state index is 12.3. The van der Waals surface area contributed by atoms with Crippen LogP contribution in [-0.4, -0.2) is 58.7 Å². The molecule has 2 atom stereocenters. The van der Waals surface area contributed by atoms with E-state index in [1.54, 1.807) is 6.20 Å². The van der Waals surface area contributed by atoms with Gasteiger partial charge in [0.05, 0.1) is 17.3 Å². The van der Waals surface area contributed by atoms with Crippen LogP contribution in [-0.2, 0) is 9.53 Å². The third-order valence-corrected chi connectivity index (χ3v) is 6.22. The Morgan fingerprint density at radius 2 is 2.36 bits per heavy atom. The van der Waals surface area contributed by atoms with Crippen LogP contribution in [0.25, 0.3) is 0 Å². The molecule has 3 aliphatic heterocycles. The molecule has 4 rings (SSSR count). The standard InChI is InChI=1S/C16H20N2O3S/c19-15(12-4-6-20-8-12)18-10-16(11-18)7-13(9-22-16)21-14-3-1-2-5-17-14/h1-3,5,12-13H,4,6-11H2/t12-,13+/m1/s1. The Labute approximate surface area is 134 Å². The Morgan fingerprint density at radius 3 is 3.09 bits per heavy atom. The van der Waals surface area contributed by atoms with Crippen LogP contribution >= 0.6 is 11.8 Å². The van der Waals surface area contributed by atoms with Crippen molar-refractivity contribution in [2.45, 2.75) is 23.7 Å². The monoisotopic (exact) mass is 320 g/mol. The minimum Gasteiger partial charge on any atom is -0.473 e. The quantitative estimate of drug-likeness (QED) is 0.846. The number of rotatable bonds is 3. The normalized spacial score (nSPS) is 29.5. The van der Waals surface area contributed by atoms with Crippen LogP contribution in [0, 0.1) is 5.92 Å². The van der Waals surface area contributed by atoms with Gasteiger partial charge in [-0.3, -0.25) is 4.79 Å². The molecule has 0 aromatic carbocycles. The van der Waals surface area contributed by atoms with Crippen molar-refractivity contribution < 1.29 is 14.3 Å². The second-order valence-corrected chi connectivity index (χ2v) is 7.85. The molecule has 6 heteroatoms. The molecule has 3 aliphatic rings. The van der Waals surface area contributed by atoms with Crippen LogP contribution in [0.4, 0.5) is 0 Å². The molecule has 0 saturated carbocycles. The molecule has 1 amide bonds. The van der Waals surface area contributed by atoms with Crippen LogP contribution in [0.1, 0.15) is 12.8 Å². The molecule has 1 aromatic heterocycles. The average molecular weight is 320 g/mol. The molecule has 0 N–H and O–H groups in total. The third-order valence-electron chi connectivity index (χ3n) is 4.65. The van der Waals surface area contributed by atoms with Gasteiger partial charge >= 0.3 is 0 Å². The first-order valence-electron chi connectivity index (χ1n) is 7.82. The van der Waals surface area contributed by atoms with Gasteiger partial charge in [0.15, 0.2) is 0 Å². The van der Waals surface area contributed by atoms with E-state index in [1.807, 2.05) is 34.9 Å². The number of likely N-dealkylation sites (tertiary alicyclic amines) is 1. The summed E-state index contributed by atoms with van der Waals surface area (Å²) < 4.78 is 11.5. The van der Waals surface area contributed by atoms with Crippen molar-refractivity contribution in [1.82, 2.24) is 9.88 Å². The van der Waals surface area contributed by atoms with E-state index in [9.17, 15) is 4.79 Å². The minimum absolute atomic E-state index is 0.0873. The molecule has 1 spiro atoms. The minimum atomic E-state index is 0.0873. The highest BCUT2D eigenvalue weighted by atomic mass is 32.2. The SMILES string of the molecule is O=C([C@@H]1CCOC1)N1CC2(C[C@H](Oc3ccccn3)CS2)C1. The molecule has 1 aromatic rings. The summed E-state index contributed by atoms with van der Waals surface area (Å²) in [6.07, 6.45) is 3.83. The molecule has 0 aliphatic carbocycles. The molecular formula is C16H20N2O3S. The van der Waals surface area contributed by atoms with Crippen LogP contribution in [0.15, 0.2) is 24.4 Å². The summed E-state index contributed by atoms with van der Waals surface area (Å²) in [7, 11) is 0. The molecule has 0 unspecified atom stereocenters. The van der Waals surface area contributed by atoms with Gasteiger partial charge in [-0.25, -0.2) is 4.98 Å². The first kappa shape index (κ1) is 14.3. The van der Waals surface area contributed by atoms with Gasteiger partial charge in [-0.2, -0.15) is 0 Å². The van der Waals surface area contributed by atoms with Gasteiger partial charge in [-0.15, -0.1) is 11.8 Å². The van der Waals surface area contributed by atoms with Crippen molar-refractivity contribution in [3.63, 3.8) is 0 Å². The van der Waals surface area contributed by atoms with Gasteiger partial charge in [0.1, 0.15) is 6.10 Å². The zero-order valence-corrected chi connectivity index (χ0v) is 13.3. The van der Waals surface area contributed by atoms with Crippen LogP contribution in [0.2, 0.25) is 0 Å². The van der Waals surface area contributed by atoms with Crippen molar-refractivity contribution in [3.8, 4) is 5.88 Å². The maximum atomic E-state index is 12.3. The van der Waals surface area contributed by atoms with E-state index in [0.29, 0.717) is 12.5 Å². The second-order valence-electron chi connectivity index (χ2n) is 6.36. The highest BCUT2D eigenvalue weighted by Crippen LogP contribution is 2.46. The number of hydrogen-bond donors (Lipinski definition) is 0. The van der Waals surface area contributed by atoms with Gasteiger partial charge < -0.3 is 14.4 Å². The summed E-state index contributed by atoms with van der Waals surface area (Å²) in [5.74, 6) is 2.04. The summed E-state index contributed by atoms with van der Waals surface area (Å²) >= 11 is 1.94. The summed E-state index contributed by atoms with van der Waals surface area (Å²) in [5.41, 5.74) is 0. The number of ether oxygens (including phenoxy) is 2. The van der Waals surface area contributed by atoms with Crippen molar-refractivity contribution in [2.75, 3.05) is 32.1 Å². The number of nitrogens with zero attached hydrogens (tertiary/aromatic N) is 2. The maximum Gasteiger partial charge on any atom is 0.228 e. The van der Waals surface area contributed by atoms with E-state index >= 15 is 0 Å². The van der Waals surface area contributed by atoms with Crippen LogP contribution < -0.4 is 4.74 Å². The third kappa shape index (κ3) is 2.70. The fourth-order valence-corrected chi connectivity index (χ4v) is 5.00. The number of hydrogen-bond acceptors (Lipinski definition) is 5. The molecule has 118 valence electrons. The lowest BCUT2D eigenvalue weighted by molar-refractivity contribution is -0.141. The molecule has 3 saturated heterocycles. The van der Waals surface area contributed by atoms with Crippen molar-refractivity contribution in [3.05, 3.63) is 24.4 Å². The summed E-state index contributed by atoms with van der Waals surface area (Å²) in [4.78, 5) is 18.6. The Morgan fingerprint density at radius 1 is 1.45 bits per heavy atom. The number of aromatic nitrogens is 1. The molecule has 22 heavy (non-hydrogen) atoms. The average Bonchev–Trinajstić information content (AvgIpc) is 3.16. The van der Waals surface area contributed by atoms with Crippen molar-refractivity contribution in [1.29, 1.82) is 0 Å². The Kier molecular flexibility index (Phi) is 3.74. The molecule has 3 fully saturated rings. The van der Waals surface area contributed by atoms with Gasteiger partial charge in [0.2, 0.25) is 11.8 Å².